The number of amidine groups is 1. The standard InChI is InChI=1S/C26H32N4O2/c1-18-12-13-23-21(16-18)25(28-22-10-6-7-11-24(22)32-23)29-14-15-30(19(2)17-29)26(31)27-20-8-4-3-5-9-20/h6-7,10-13,16,19-20H,3-5,8-9,14-15,17H2,1-2H3,(H,27,31). The molecule has 1 unspecified atom stereocenters. The minimum atomic E-state index is 0.0804. The molecule has 1 saturated carbocycles. The third-order valence-corrected chi connectivity index (χ3v) is 6.81. The van der Waals surface area contributed by atoms with E-state index in [4.69, 9.17) is 9.73 Å². The lowest BCUT2D eigenvalue weighted by atomic mass is 9.96. The van der Waals surface area contributed by atoms with Crippen LogP contribution in [0.5, 0.6) is 11.5 Å². The van der Waals surface area contributed by atoms with Gasteiger partial charge in [-0.25, -0.2) is 9.79 Å². The van der Waals surface area contributed by atoms with E-state index in [0.717, 1.165) is 54.5 Å². The van der Waals surface area contributed by atoms with Crippen molar-refractivity contribution in [3.8, 4) is 11.5 Å². The van der Waals surface area contributed by atoms with Crippen LogP contribution in [0.1, 0.15) is 50.2 Å². The van der Waals surface area contributed by atoms with Crippen molar-refractivity contribution < 1.29 is 9.53 Å². The maximum Gasteiger partial charge on any atom is 0.317 e. The maximum atomic E-state index is 13.0. The molecule has 1 aliphatic carbocycles. The number of para-hydroxylation sites is 2. The van der Waals surface area contributed by atoms with Gasteiger partial charge in [-0.1, -0.05) is 43.0 Å². The molecule has 6 heteroatoms. The topological polar surface area (TPSA) is 57.2 Å². The monoisotopic (exact) mass is 432 g/mol. The lowest BCUT2D eigenvalue weighted by molar-refractivity contribution is 0.130. The van der Waals surface area contributed by atoms with Gasteiger partial charge in [0.05, 0.1) is 5.56 Å². The normalized spacial score (nSPS) is 21.1. The number of nitrogens with one attached hydrogen (secondary N) is 1. The molecule has 0 aromatic heterocycles. The Balaban J connectivity index is 1.37. The zero-order valence-electron chi connectivity index (χ0n) is 19.0. The van der Waals surface area contributed by atoms with Crippen LogP contribution in [0, 0.1) is 6.92 Å². The molecule has 6 nitrogen and oxygen atoms in total. The Bertz CT molecular complexity index is 1030. The Morgan fingerprint density at radius 1 is 1.06 bits per heavy atom. The second kappa shape index (κ2) is 8.85. The van der Waals surface area contributed by atoms with Gasteiger partial charge in [0.25, 0.3) is 0 Å². The van der Waals surface area contributed by atoms with E-state index in [2.05, 4.69) is 36.2 Å². The van der Waals surface area contributed by atoms with Crippen LogP contribution >= 0.6 is 0 Å². The molecule has 2 fully saturated rings. The number of amides is 2. The summed E-state index contributed by atoms with van der Waals surface area (Å²) in [5.41, 5.74) is 3.01. The SMILES string of the molecule is Cc1ccc2c(c1)C(N1CCN(C(=O)NC3CCCCC3)C(C)C1)=Nc1ccccc1O2. The van der Waals surface area contributed by atoms with Crippen LogP contribution in [0.2, 0.25) is 0 Å². The Morgan fingerprint density at radius 2 is 1.88 bits per heavy atom. The lowest BCUT2D eigenvalue weighted by Gasteiger charge is -2.41. The Kier molecular flexibility index (Phi) is 5.77. The first-order valence-electron chi connectivity index (χ1n) is 11.9. The smallest absolute Gasteiger partial charge is 0.317 e. The van der Waals surface area contributed by atoms with Crippen molar-refractivity contribution in [1.29, 1.82) is 0 Å². The van der Waals surface area contributed by atoms with Gasteiger partial charge in [-0.3, -0.25) is 0 Å². The number of urea groups is 1. The number of rotatable bonds is 1. The zero-order chi connectivity index (χ0) is 22.1. The minimum Gasteiger partial charge on any atom is -0.454 e. The van der Waals surface area contributed by atoms with Crippen molar-refractivity contribution in [2.45, 2.75) is 58.0 Å². The maximum absolute atomic E-state index is 13.0. The van der Waals surface area contributed by atoms with Crippen LogP contribution in [0.4, 0.5) is 10.5 Å². The molecular formula is C26H32N4O2. The number of fused-ring (bicyclic) bond motifs is 2. The number of benzene rings is 2. The minimum absolute atomic E-state index is 0.0804. The van der Waals surface area contributed by atoms with E-state index in [9.17, 15) is 4.79 Å². The molecule has 32 heavy (non-hydrogen) atoms. The second-order valence-corrected chi connectivity index (χ2v) is 9.28. The van der Waals surface area contributed by atoms with E-state index in [1.165, 1.54) is 24.8 Å². The molecule has 1 N–H and O–H groups in total. The van der Waals surface area contributed by atoms with Crippen molar-refractivity contribution in [3.05, 3.63) is 53.6 Å². The van der Waals surface area contributed by atoms with Gasteiger partial charge >= 0.3 is 6.03 Å². The summed E-state index contributed by atoms with van der Waals surface area (Å²) in [4.78, 5) is 22.3. The fourth-order valence-electron chi connectivity index (χ4n) is 5.03. The first-order chi connectivity index (χ1) is 15.6. The van der Waals surface area contributed by atoms with Gasteiger partial charge in [0.2, 0.25) is 0 Å². The van der Waals surface area contributed by atoms with Gasteiger partial charge in [-0.2, -0.15) is 0 Å². The molecule has 168 valence electrons. The molecule has 2 aromatic carbocycles. The third kappa shape index (κ3) is 4.18. The molecule has 2 amide bonds. The number of piperazine rings is 1. The summed E-state index contributed by atoms with van der Waals surface area (Å²) in [5, 5.41) is 3.28. The van der Waals surface area contributed by atoms with Crippen molar-refractivity contribution in [1.82, 2.24) is 15.1 Å². The molecule has 0 bridgehead atoms. The van der Waals surface area contributed by atoms with Crippen molar-refractivity contribution in [3.63, 3.8) is 0 Å². The number of aliphatic imine (C=N–C) groups is 1. The zero-order valence-corrected chi connectivity index (χ0v) is 19.0. The summed E-state index contributed by atoms with van der Waals surface area (Å²) in [6.45, 7) is 6.39. The highest BCUT2D eigenvalue weighted by Gasteiger charge is 2.32. The van der Waals surface area contributed by atoms with Gasteiger partial charge < -0.3 is 19.9 Å². The van der Waals surface area contributed by atoms with Crippen LogP contribution in [0.15, 0.2) is 47.5 Å². The summed E-state index contributed by atoms with van der Waals surface area (Å²) in [7, 11) is 0. The first kappa shape index (κ1) is 20.9. The van der Waals surface area contributed by atoms with E-state index in [-0.39, 0.29) is 12.1 Å². The predicted molar refractivity (Wildman–Crippen MR) is 127 cm³/mol. The number of hydrogen-bond acceptors (Lipinski definition) is 4. The summed E-state index contributed by atoms with van der Waals surface area (Å²) in [5.74, 6) is 2.52. The second-order valence-electron chi connectivity index (χ2n) is 9.28. The summed E-state index contributed by atoms with van der Waals surface area (Å²) in [6.07, 6.45) is 5.93. The van der Waals surface area contributed by atoms with Crippen LogP contribution in [-0.4, -0.2) is 53.4 Å². The van der Waals surface area contributed by atoms with Crippen molar-refractivity contribution >= 4 is 17.6 Å². The first-order valence-corrected chi connectivity index (χ1v) is 11.9. The fraction of sp³-hybridized carbons (Fsp3) is 0.462. The molecule has 0 spiro atoms. The van der Waals surface area contributed by atoms with E-state index in [1.54, 1.807) is 0 Å². The number of carbonyl (C=O) groups excluding carboxylic acids is 1. The van der Waals surface area contributed by atoms with E-state index < -0.39 is 0 Å². The van der Waals surface area contributed by atoms with Crippen molar-refractivity contribution in [2.75, 3.05) is 19.6 Å². The van der Waals surface area contributed by atoms with Gasteiger partial charge in [-0.05, 0) is 51.0 Å². The van der Waals surface area contributed by atoms with E-state index in [1.807, 2.05) is 35.2 Å². The highest BCUT2D eigenvalue weighted by molar-refractivity contribution is 6.04. The highest BCUT2D eigenvalue weighted by Crippen LogP contribution is 2.38. The molecule has 2 heterocycles. The molecule has 5 rings (SSSR count). The van der Waals surface area contributed by atoms with Crippen LogP contribution in [0.3, 0.4) is 0 Å². The van der Waals surface area contributed by atoms with E-state index in [0.29, 0.717) is 12.6 Å². The molecule has 3 aliphatic rings. The Labute approximate surface area is 190 Å². The predicted octanol–water partition coefficient (Wildman–Crippen LogP) is 5.23. The molecule has 0 radical (unpaired) electrons. The quantitative estimate of drug-likeness (QED) is 0.672. The summed E-state index contributed by atoms with van der Waals surface area (Å²) in [6, 6.07) is 14.7. The average Bonchev–Trinajstić information content (AvgIpc) is 2.96. The highest BCUT2D eigenvalue weighted by atomic mass is 16.5. The Hall–Kier alpha value is -3.02. The van der Waals surface area contributed by atoms with Crippen LogP contribution in [0.25, 0.3) is 0 Å². The van der Waals surface area contributed by atoms with Gasteiger partial charge in [-0.15, -0.1) is 0 Å². The summed E-state index contributed by atoms with van der Waals surface area (Å²) >= 11 is 0. The molecule has 2 aliphatic heterocycles. The van der Waals surface area contributed by atoms with Gasteiger partial charge in [0, 0.05) is 31.7 Å². The average molecular weight is 433 g/mol. The number of hydrogen-bond donors (Lipinski definition) is 1. The third-order valence-electron chi connectivity index (χ3n) is 6.81. The van der Waals surface area contributed by atoms with Crippen LogP contribution in [-0.2, 0) is 0 Å². The van der Waals surface area contributed by atoms with E-state index >= 15 is 0 Å². The molecule has 1 atom stereocenters. The molecular weight excluding hydrogens is 400 g/mol. The van der Waals surface area contributed by atoms with Crippen LogP contribution < -0.4 is 10.1 Å². The van der Waals surface area contributed by atoms with Gasteiger partial charge in [0.1, 0.15) is 17.3 Å². The number of nitrogens with zero attached hydrogens (tertiary/aromatic N) is 3. The lowest BCUT2D eigenvalue weighted by Crippen LogP contribution is -2.58. The van der Waals surface area contributed by atoms with Crippen molar-refractivity contribution in [2.24, 2.45) is 4.99 Å². The largest absolute Gasteiger partial charge is 0.454 e. The Morgan fingerprint density at radius 3 is 2.69 bits per heavy atom. The number of aryl methyl sites for hydroxylation is 1. The number of ether oxygens (including phenoxy) is 1. The van der Waals surface area contributed by atoms with Gasteiger partial charge in [0.15, 0.2) is 5.75 Å². The molecule has 1 saturated heterocycles. The number of carbonyl (C=O) groups is 1. The fourth-order valence-corrected chi connectivity index (χ4v) is 5.03. The molecule has 2 aromatic rings. The summed E-state index contributed by atoms with van der Waals surface area (Å²) < 4.78 is 6.23.